The second kappa shape index (κ2) is 14.1. The van der Waals surface area contributed by atoms with Crippen molar-refractivity contribution < 1.29 is 26.8 Å². The first kappa shape index (κ1) is 30.2. The molecule has 0 aliphatic heterocycles. The molecule has 0 aliphatic carbocycles. The third-order valence-electron chi connectivity index (χ3n) is 5.99. The van der Waals surface area contributed by atoms with Crippen LogP contribution in [0.3, 0.4) is 0 Å². The molecule has 2 aromatic carbocycles. The van der Waals surface area contributed by atoms with Crippen molar-refractivity contribution in [2.45, 2.75) is 65.5 Å². The molecule has 1 N–H and O–H groups in total. The molecule has 1 atom stereocenters. The Bertz CT molecular complexity index is 1170. The lowest BCUT2D eigenvalue weighted by molar-refractivity contribution is -0.141. The van der Waals surface area contributed by atoms with Crippen molar-refractivity contribution in [2.75, 3.05) is 23.7 Å². The summed E-state index contributed by atoms with van der Waals surface area (Å²) in [6.07, 6.45) is 3.24. The lowest BCUT2D eigenvalue weighted by atomic mass is 10.1. The molecule has 10 heteroatoms. The van der Waals surface area contributed by atoms with E-state index in [-0.39, 0.29) is 43.4 Å². The molecule has 0 bridgehead atoms. The summed E-state index contributed by atoms with van der Waals surface area (Å²) in [5, 5.41) is 2.91. The van der Waals surface area contributed by atoms with Gasteiger partial charge in [-0.2, -0.15) is 0 Å². The normalized spacial score (nSPS) is 12.2. The van der Waals surface area contributed by atoms with Crippen molar-refractivity contribution in [1.29, 1.82) is 0 Å². The Labute approximate surface area is 218 Å². The van der Waals surface area contributed by atoms with Crippen molar-refractivity contribution in [3.05, 3.63) is 65.2 Å². The number of sulfonamides is 1. The Balaban J connectivity index is 2.21. The second-order valence-corrected chi connectivity index (χ2v) is 11.0. The van der Waals surface area contributed by atoms with Crippen molar-refractivity contribution in [3.63, 3.8) is 0 Å². The predicted molar refractivity (Wildman–Crippen MR) is 142 cm³/mol. The van der Waals surface area contributed by atoms with Gasteiger partial charge in [-0.3, -0.25) is 13.9 Å². The molecule has 0 saturated heterocycles. The monoisotopic (exact) mass is 537 g/mol. The smallest absolute Gasteiger partial charge is 0.242 e. The van der Waals surface area contributed by atoms with Gasteiger partial charge in [-0.1, -0.05) is 50.1 Å². The zero-order valence-corrected chi connectivity index (χ0v) is 22.8. The third-order valence-corrected chi connectivity index (χ3v) is 7.19. The molecule has 0 spiro atoms. The number of halogens is 2. The Kier molecular flexibility index (Phi) is 11.5. The maximum Gasteiger partial charge on any atom is 0.242 e. The molecule has 7 nitrogen and oxygen atoms in total. The number of nitrogens with zero attached hydrogens (tertiary/aromatic N) is 2. The van der Waals surface area contributed by atoms with Crippen LogP contribution in [-0.4, -0.2) is 50.5 Å². The highest BCUT2D eigenvalue weighted by Crippen LogP contribution is 2.22. The highest BCUT2D eigenvalue weighted by Gasteiger charge is 2.29. The minimum absolute atomic E-state index is 0.0211. The Morgan fingerprint density at radius 2 is 1.76 bits per heavy atom. The summed E-state index contributed by atoms with van der Waals surface area (Å²) in [4.78, 5) is 27.9. The molecule has 0 aromatic heterocycles. The lowest BCUT2D eigenvalue weighted by Crippen LogP contribution is -2.49. The minimum Gasteiger partial charge on any atom is -0.354 e. The average Bonchev–Trinajstić information content (AvgIpc) is 2.83. The van der Waals surface area contributed by atoms with Crippen molar-refractivity contribution in [1.82, 2.24) is 10.2 Å². The van der Waals surface area contributed by atoms with Crippen LogP contribution >= 0.6 is 0 Å². The van der Waals surface area contributed by atoms with Gasteiger partial charge in [-0.15, -0.1) is 0 Å². The van der Waals surface area contributed by atoms with Crippen molar-refractivity contribution in [3.8, 4) is 0 Å². The highest BCUT2D eigenvalue weighted by atomic mass is 32.2. The number of nitrogens with one attached hydrogen (secondary N) is 1. The van der Waals surface area contributed by atoms with Gasteiger partial charge in [0.15, 0.2) is 11.6 Å². The zero-order chi connectivity index (χ0) is 27.6. The van der Waals surface area contributed by atoms with Crippen molar-refractivity contribution in [2.24, 2.45) is 0 Å². The standard InChI is InChI=1S/C27H37F2N3O4S/c1-5-7-15-30-27(34)25(6-2)31(19-21-11-8-10-20(3)17-21)26(33)12-9-16-32(37(4,35)36)22-13-14-23(28)24(29)18-22/h8,10-11,13-14,17-18,25H,5-7,9,12,15-16,19H2,1-4H3,(H,30,34)/t25-/m0/s1. The summed E-state index contributed by atoms with van der Waals surface area (Å²) < 4.78 is 52.7. The van der Waals surface area contributed by atoms with E-state index >= 15 is 0 Å². The van der Waals surface area contributed by atoms with E-state index in [1.54, 1.807) is 4.90 Å². The van der Waals surface area contributed by atoms with E-state index < -0.39 is 27.7 Å². The fourth-order valence-corrected chi connectivity index (χ4v) is 5.03. The summed E-state index contributed by atoms with van der Waals surface area (Å²) >= 11 is 0. The van der Waals surface area contributed by atoms with E-state index in [2.05, 4.69) is 5.32 Å². The number of unbranched alkanes of at least 4 members (excludes halogenated alkanes) is 1. The first-order valence-electron chi connectivity index (χ1n) is 12.5. The Morgan fingerprint density at radius 1 is 1.03 bits per heavy atom. The van der Waals surface area contributed by atoms with E-state index in [0.717, 1.165) is 46.7 Å². The highest BCUT2D eigenvalue weighted by molar-refractivity contribution is 7.92. The summed E-state index contributed by atoms with van der Waals surface area (Å²) in [6, 6.07) is 9.86. The molecule has 0 saturated carbocycles. The summed E-state index contributed by atoms with van der Waals surface area (Å²) in [6.45, 7) is 6.47. The van der Waals surface area contributed by atoms with E-state index in [1.165, 1.54) is 6.07 Å². The SMILES string of the molecule is CCCCNC(=O)[C@H](CC)N(Cc1cccc(C)c1)C(=O)CCCN(c1ccc(F)c(F)c1)S(C)(=O)=O. The van der Waals surface area contributed by atoms with Crippen LogP contribution in [0.2, 0.25) is 0 Å². The number of aryl methyl sites for hydroxylation is 1. The van der Waals surface area contributed by atoms with Gasteiger partial charge in [0.25, 0.3) is 0 Å². The first-order valence-corrected chi connectivity index (χ1v) is 14.4. The van der Waals surface area contributed by atoms with Crippen LogP contribution in [0.5, 0.6) is 0 Å². The summed E-state index contributed by atoms with van der Waals surface area (Å²) in [5.74, 6) is -2.76. The number of hydrogen-bond acceptors (Lipinski definition) is 4. The van der Waals surface area contributed by atoms with Gasteiger partial charge < -0.3 is 10.2 Å². The fourth-order valence-electron chi connectivity index (χ4n) is 4.08. The Morgan fingerprint density at radius 3 is 2.35 bits per heavy atom. The van der Waals surface area contributed by atoms with Crippen LogP contribution in [0.15, 0.2) is 42.5 Å². The van der Waals surface area contributed by atoms with Gasteiger partial charge in [0.2, 0.25) is 21.8 Å². The molecular weight excluding hydrogens is 500 g/mol. The molecule has 0 radical (unpaired) electrons. The Hall–Kier alpha value is -3.01. The lowest BCUT2D eigenvalue weighted by Gasteiger charge is -2.31. The maximum absolute atomic E-state index is 13.7. The van der Waals surface area contributed by atoms with Gasteiger partial charge in [0, 0.05) is 32.1 Å². The number of carbonyl (C=O) groups excluding carboxylic acids is 2. The summed E-state index contributed by atoms with van der Waals surface area (Å²) in [7, 11) is -3.81. The summed E-state index contributed by atoms with van der Waals surface area (Å²) in [5.41, 5.74) is 1.89. The number of hydrogen-bond donors (Lipinski definition) is 1. The number of anilines is 1. The van der Waals surface area contributed by atoms with Crippen LogP contribution in [0.25, 0.3) is 0 Å². The van der Waals surface area contributed by atoms with E-state index in [9.17, 15) is 26.8 Å². The second-order valence-electron chi connectivity index (χ2n) is 9.12. The van der Waals surface area contributed by atoms with E-state index in [0.29, 0.717) is 13.0 Å². The van der Waals surface area contributed by atoms with Gasteiger partial charge >= 0.3 is 0 Å². The van der Waals surface area contributed by atoms with Gasteiger partial charge in [-0.25, -0.2) is 17.2 Å². The van der Waals surface area contributed by atoms with E-state index in [1.807, 2.05) is 45.0 Å². The fraction of sp³-hybridized carbons (Fsp3) is 0.481. The van der Waals surface area contributed by atoms with Crippen LogP contribution in [-0.2, 0) is 26.2 Å². The van der Waals surface area contributed by atoms with Crippen molar-refractivity contribution >= 4 is 27.5 Å². The number of carbonyl (C=O) groups is 2. The van der Waals surface area contributed by atoms with Gasteiger partial charge in [0.05, 0.1) is 11.9 Å². The molecule has 0 heterocycles. The number of rotatable bonds is 14. The first-order chi connectivity index (χ1) is 17.5. The van der Waals surface area contributed by atoms with Crippen LogP contribution in [0.4, 0.5) is 14.5 Å². The molecular formula is C27H37F2N3O4S. The average molecular weight is 538 g/mol. The van der Waals surface area contributed by atoms with Crippen LogP contribution < -0.4 is 9.62 Å². The van der Waals surface area contributed by atoms with Gasteiger partial charge in [0.1, 0.15) is 6.04 Å². The largest absolute Gasteiger partial charge is 0.354 e. The quantitative estimate of drug-likeness (QED) is 0.359. The molecule has 2 amide bonds. The molecule has 204 valence electrons. The zero-order valence-electron chi connectivity index (χ0n) is 22.0. The molecule has 2 aromatic rings. The third kappa shape index (κ3) is 9.10. The maximum atomic E-state index is 13.7. The number of benzene rings is 2. The predicted octanol–water partition coefficient (Wildman–Crippen LogP) is 4.54. The molecule has 37 heavy (non-hydrogen) atoms. The number of amides is 2. The van der Waals surface area contributed by atoms with Crippen LogP contribution in [0.1, 0.15) is 57.1 Å². The van der Waals surface area contributed by atoms with Gasteiger partial charge in [-0.05, 0) is 43.9 Å². The topological polar surface area (TPSA) is 86.8 Å². The minimum atomic E-state index is -3.81. The molecule has 2 rings (SSSR count). The molecule has 0 aliphatic rings. The van der Waals surface area contributed by atoms with Crippen LogP contribution in [0, 0.1) is 18.6 Å². The van der Waals surface area contributed by atoms with E-state index in [4.69, 9.17) is 0 Å². The molecule has 0 fully saturated rings. The molecule has 0 unspecified atom stereocenters.